The molecule has 2 aromatic rings. The fourth-order valence-corrected chi connectivity index (χ4v) is 3.53. The van der Waals surface area contributed by atoms with E-state index in [2.05, 4.69) is 32.5 Å². The summed E-state index contributed by atoms with van der Waals surface area (Å²) in [7, 11) is 0. The van der Waals surface area contributed by atoms with E-state index in [0.717, 1.165) is 36.1 Å². The number of fused-ring (bicyclic) bond motifs is 1. The van der Waals surface area contributed by atoms with Crippen molar-refractivity contribution in [2.45, 2.75) is 38.0 Å². The van der Waals surface area contributed by atoms with E-state index in [4.69, 9.17) is 4.74 Å². The lowest BCUT2D eigenvalue weighted by molar-refractivity contribution is 0.0808. The average molecular weight is 263 g/mol. The molecule has 4 rings (SSSR count). The van der Waals surface area contributed by atoms with Crippen molar-refractivity contribution in [3.8, 4) is 0 Å². The van der Waals surface area contributed by atoms with Crippen molar-refractivity contribution in [1.82, 2.24) is 14.7 Å². The minimum atomic E-state index is 0.453. The Morgan fingerprint density at radius 2 is 2.39 bits per heavy atom. The summed E-state index contributed by atoms with van der Waals surface area (Å²) in [6.07, 6.45) is 8.46. The van der Waals surface area contributed by atoms with Gasteiger partial charge in [-0.2, -0.15) is 0 Å². The summed E-state index contributed by atoms with van der Waals surface area (Å²) < 4.78 is 7.92. The molecule has 1 aliphatic heterocycles. The molecule has 4 nitrogen and oxygen atoms in total. The van der Waals surface area contributed by atoms with Crippen LogP contribution in [0.4, 0.5) is 0 Å². The molecule has 5 heteroatoms. The van der Waals surface area contributed by atoms with Gasteiger partial charge in [-0.3, -0.25) is 4.40 Å². The Balaban J connectivity index is 1.41. The molecule has 2 unspecified atom stereocenters. The minimum Gasteiger partial charge on any atom is -0.376 e. The second kappa shape index (κ2) is 4.33. The van der Waals surface area contributed by atoms with Crippen molar-refractivity contribution in [2.24, 2.45) is 5.92 Å². The van der Waals surface area contributed by atoms with Crippen LogP contribution in [0.3, 0.4) is 0 Å². The highest BCUT2D eigenvalue weighted by Crippen LogP contribution is 2.38. The van der Waals surface area contributed by atoms with Gasteiger partial charge in [-0.25, -0.2) is 4.98 Å². The number of ether oxygens (including phenoxy) is 1. The van der Waals surface area contributed by atoms with Gasteiger partial charge >= 0.3 is 0 Å². The first-order valence-electron chi connectivity index (χ1n) is 6.66. The van der Waals surface area contributed by atoms with Crippen molar-refractivity contribution in [2.75, 3.05) is 6.61 Å². The second-order valence-electron chi connectivity index (χ2n) is 5.27. The van der Waals surface area contributed by atoms with Crippen LogP contribution in [-0.4, -0.2) is 28.1 Å². The third-order valence-electron chi connectivity index (χ3n) is 3.91. The fraction of sp³-hybridized carbons (Fsp3) is 0.615. The van der Waals surface area contributed by atoms with E-state index in [1.807, 2.05) is 0 Å². The number of thiazole rings is 1. The molecule has 18 heavy (non-hydrogen) atoms. The fourth-order valence-electron chi connectivity index (χ4n) is 2.82. The van der Waals surface area contributed by atoms with Crippen LogP contribution >= 0.6 is 11.3 Å². The van der Waals surface area contributed by atoms with E-state index in [0.29, 0.717) is 12.1 Å². The molecular weight excluding hydrogens is 246 g/mol. The van der Waals surface area contributed by atoms with Crippen LogP contribution in [0.2, 0.25) is 0 Å². The van der Waals surface area contributed by atoms with Gasteiger partial charge in [-0.05, 0) is 25.2 Å². The number of imidazole rings is 1. The topological polar surface area (TPSA) is 38.6 Å². The molecule has 96 valence electrons. The highest BCUT2D eigenvalue weighted by Gasteiger charge is 2.40. The van der Waals surface area contributed by atoms with E-state index in [9.17, 15) is 0 Å². The highest BCUT2D eigenvalue weighted by atomic mass is 32.1. The third kappa shape index (κ3) is 1.96. The first-order chi connectivity index (χ1) is 8.90. The molecule has 0 amide bonds. The van der Waals surface area contributed by atoms with E-state index < -0.39 is 0 Å². The summed E-state index contributed by atoms with van der Waals surface area (Å²) in [6, 6.07) is 0.525. The lowest BCUT2D eigenvalue weighted by Gasteiger charge is -2.18. The molecule has 1 saturated carbocycles. The summed E-state index contributed by atoms with van der Waals surface area (Å²) in [5.41, 5.74) is 1.13. The van der Waals surface area contributed by atoms with Gasteiger partial charge in [0.1, 0.15) is 0 Å². The Labute approximate surface area is 110 Å². The molecule has 2 aromatic heterocycles. The molecule has 1 aliphatic carbocycles. The average Bonchev–Trinajstić information content (AvgIpc) is 2.80. The Hall–Kier alpha value is -0.910. The predicted octanol–water partition coefficient (Wildman–Crippen LogP) is 2.05. The first-order valence-corrected chi connectivity index (χ1v) is 7.54. The number of nitrogens with one attached hydrogen (secondary N) is 1. The van der Waals surface area contributed by atoms with Crippen LogP contribution in [0.25, 0.3) is 4.96 Å². The van der Waals surface area contributed by atoms with Crippen LogP contribution in [0.1, 0.15) is 25.0 Å². The molecule has 2 aliphatic rings. The molecule has 0 aromatic carbocycles. The highest BCUT2D eigenvalue weighted by molar-refractivity contribution is 7.15. The van der Waals surface area contributed by atoms with E-state index >= 15 is 0 Å². The standard InChI is InChI=1S/C13H17N3OS/c1-2-9(1)12-11(3-5-17-12)14-7-10-8-16-4-6-18-13(16)15-10/h4,6,8-9,11-12,14H,1-3,5,7H2. The van der Waals surface area contributed by atoms with E-state index in [1.165, 1.54) is 12.8 Å². The zero-order valence-electron chi connectivity index (χ0n) is 10.2. The predicted molar refractivity (Wildman–Crippen MR) is 70.8 cm³/mol. The van der Waals surface area contributed by atoms with Crippen LogP contribution in [0.5, 0.6) is 0 Å². The van der Waals surface area contributed by atoms with Crippen molar-refractivity contribution >= 4 is 16.3 Å². The molecule has 1 N–H and O–H groups in total. The SMILES string of the molecule is c1cn2cc(CNC3CCOC3C3CC3)nc2s1. The number of aromatic nitrogens is 2. The zero-order valence-corrected chi connectivity index (χ0v) is 11.0. The Bertz CT molecular complexity index is 517. The molecule has 2 atom stereocenters. The van der Waals surface area contributed by atoms with Crippen molar-refractivity contribution in [1.29, 1.82) is 0 Å². The molecule has 0 spiro atoms. The van der Waals surface area contributed by atoms with Gasteiger partial charge < -0.3 is 10.1 Å². The summed E-state index contributed by atoms with van der Waals surface area (Å²) in [5.74, 6) is 0.815. The van der Waals surface area contributed by atoms with Crippen molar-refractivity contribution in [3.63, 3.8) is 0 Å². The number of rotatable bonds is 4. The first kappa shape index (κ1) is 11.0. The maximum absolute atomic E-state index is 5.84. The van der Waals surface area contributed by atoms with E-state index in [-0.39, 0.29) is 0 Å². The summed E-state index contributed by atoms with van der Waals surface area (Å²) in [5, 5.41) is 5.69. The van der Waals surface area contributed by atoms with E-state index in [1.54, 1.807) is 11.3 Å². The molecular formula is C13H17N3OS. The minimum absolute atomic E-state index is 0.453. The smallest absolute Gasteiger partial charge is 0.193 e. The van der Waals surface area contributed by atoms with Gasteiger partial charge in [0.15, 0.2) is 4.96 Å². The maximum atomic E-state index is 5.84. The van der Waals surface area contributed by atoms with Gasteiger partial charge in [0, 0.05) is 37.0 Å². The number of hydrogen-bond donors (Lipinski definition) is 1. The lowest BCUT2D eigenvalue weighted by atomic mass is 10.1. The summed E-state index contributed by atoms with van der Waals surface area (Å²) >= 11 is 1.68. The van der Waals surface area contributed by atoms with Gasteiger partial charge in [-0.1, -0.05) is 0 Å². The molecule has 0 radical (unpaired) electrons. The monoisotopic (exact) mass is 263 g/mol. The molecule has 2 fully saturated rings. The second-order valence-corrected chi connectivity index (χ2v) is 6.15. The largest absolute Gasteiger partial charge is 0.376 e. The van der Waals surface area contributed by atoms with Crippen LogP contribution in [-0.2, 0) is 11.3 Å². The van der Waals surface area contributed by atoms with Crippen LogP contribution < -0.4 is 5.32 Å². The van der Waals surface area contributed by atoms with Crippen LogP contribution in [0.15, 0.2) is 17.8 Å². The summed E-state index contributed by atoms with van der Waals surface area (Å²) in [6.45, 7) is 1.77. The normalized spacial score (nSPS) is 28.2. The van der Waals surface area contributed by atoms with Crippen LogP contribution in [0, 0.1) is 5.92 Å². The Morgan fingerprint density at radius 1 is 1.44 bits per heavy atom. The van der Waals surface area contributed by atoms with Gasteiger partial charge in [0.2, 0.25) is 0 Å². The number of hydrogen-bond acceptors (Lipinski definition) is 4. The maximum Gasteiger partial charge on any atom is 0.193 e. The molecule has 0 bridgehead atoms. The van der Waals surface area contributed by atoms with Crippen molar-refractivity contribution < 1.29 is 4.74 Å². The Kier molecular flexibility index (Phi) is 2.64. The van der Waals surface area contributed by atoms with Gasteiger partial charge in [0.05, 0.1) is 11.8 Å². The molecule has 3 heterocycles. The number of nitrogens with zero attached hydrogens (tertiary/aromatic N) is 2. The van der Waals surface area contributed by atoms with Gasteiger partial charge in [0.25, 0.3) is 0 Å². The van der Waals surface area contributed by atoms with Gasteiger partial charge in [-0.15, -0.1) is 11.3 Å². The summed E-state index contributed by atoms with van der Waals surface area (Å²) in [4.78, 5) is 5.67. The lowest BCUT2D eigenvalue weighted by Crippen LogP contribution is -2.37. The third-order valence-corrected chi connectivity index (χ3v) is 4.68. The quantitative estimate of drug-likeness (QED) is 0.917. The zero-order chi connectivity index (χ0) is 11.9. The van der Waals surface area contributed by atoms with Crippen molar-refractivity contribution in [3.05, 3.63) is 23.5 Å². The Morgan fingerprint density at radius 3 is 3.22 bits per heavy atom. The molecule has 1 saturated heterocycles.